The molecule has 0 aromatic heterocycles. The van der Waals surface area contributed by atoms with E-state index in [9.17, 15) is 0 Å². The Morgan fingerprint density at radius 3 is 2.18 bits per heavy atom. The van der Waals surface area contributed by atoms with Gasteiger partial charge in [-0.25, -0.2) is 0 Å². The van der Waals surface area contributed by atoms with Gasteiger partial charge in [0.15, 0.2) is 6.79 Å². The van der Waals surface area contributed by atoms with Crippen LogP contribution in [0.5, 0.6) is 5.75 Å². The summed E-state index contributed by atoms with van der Waals surface area (Å²) in [4.78, 5) is 0. The van der Waals surface area contributed by atoms with Gasteiger partial charge in [-0.2, -0.15) is 0 Å². The topological polar surface area (TPSA) is 18.5 Å². The lowest BCUT2D eigenvalue weighted by molar-refractivity contribution is 0.0498. The fourth-order valence-corrected chi connectivity index (χ4v) is 1.48. The summed E-state index contributed by atoms with van der Waals surface area (Å²) in [6.45, 7) is 12.9. The number of methoxy groups -OCH3 is 1. The van der Waals surface area contributed by atoms with Crippen LogP contribution < -0.4 is 4.74 Å². The molecule has 0 bridgehead atoms. The highest BCUT2D eigenvalue weighted by Gasteiger charge is 2.18. The molecule has 0 unspecified atom stereocenters. The largest absolute Gasteiger partial charge is 0.467 e. The number of aryl methyl sites for hydroxylation is 1. The standard InChI is InChI=1S/C13H20O2.C2H6/c1-10-6-7-12(15-9-14-5)11(8-10)13(2,3)4;1-2/h6-8H,9H2,1-5H3;1-2H3. The van der Waals surface area contributed by atoms with Crippen LogP contribution in [-0.2, 0) is 10.2 Å². The third-order valence-corrected chi connectivity index (χ3v) is 2.28. The highest BCUT2D eigenvalue weighted by atomic mass is 16.7. The van der Waals surface area contributed by atoms with Crippen molar-refractivity contribution < 1.29 is 9.47 Å². The smallest absolute Gasteiger partial charge is 0.188 e. The van der Waals surface area contributed by atoms with Crippen molar-refractivity contribution in [2.75, 3.05) is 13.9 Å². The van der Waals surface area contributed by atoms with Crippen LogP contribution in [0.3, 0.4) is 0 Å². The first kappa shape index (κ1) is 16.0. The van der Waals surface area contributed by atoms with Gasteiger partial charge in [0, 0.05) is 7.11 Å². The molecule has 0 aliphatic carbocycles. The van der Waals surface area contributed by atoms with Crippen molar-refractivity contribution in [3.05, 3.63) is 29.3 Å². The molecule has 0 aliphatic heterocycles. The highest BCUT2D eigenvalue weighted by molar-refractivity contribution is 5.41. The molecule has 2 heteroatoms. The lowest BCUT2D eigenvalue weighted by Crippen LogP contribution is -2.14. The van der Waals surface area contributed by atoms with Crippen LogP contribution in [0.15, 0.2) is 18.2 Å². The molecule has 1 aromatic carbocycles. The second kappa shape index (κ2) is 7.33. The van der Waals surface area contributed by atoms with Crippen LogP contribution in [0.25, 0.3) is 0 Å². The summed E-state index contributed by atoms with van der Waals surface area (Å²) in [6, 6.07) is 6.24. The normalized spacial score (nSPS) is 10.5. The lowest BCUT2D eigenvalue weighted by Gasteiger charge is -2.23. The minimum Gasteiger partial charge on any atom is -0.467 e. The lowest BCUT2D eigenvalue weighted by atomic mass is 9.85. The summed E-state index contributed by atoms with van der Waals surface area (Å²) in [7, 11) is 1.63. The molecule has 2 nitrogen and oxygen atoms in total. The van der Waals surface area contributed by atoms with E-state index >= 15 is 0 Å². The summed E-state index contributed by atoms with van der Waals surface area (Å²) in [5.74, 6) is 0.912. The zero-order chi connectivity index (χ0) is 13.5. The maximum atomic E-state index is 5.55. The molecular weight excluding hydrogens is 212 g/mol. The highest BCUT2D eigenvalue weighted by Crippen LogP contribution is 2.31. The first-order valence-corrected chi connectivity index (χ1v) is 6.18. The van der Waals surface area contributed by atoms with E-state index in [-0.39, 0.29) is 5.41 Å². The minimum absolute atomic E-state index is 0.0924. The fourth-order valence-electron chi connectivity index (χ4n) is 1.48. The summed E-state index contributed by atoms with van der Waals surface area (Å²) in [5, 5.41) is 0. The van der Waals surface area contributed by atoms with Crippen molar-refractivity contribution in [3.8, 4) is 5.75 Å². The molecule has 0 heterocycles. The van der Waals surface area contributed by atoms with Gasteiger partial charge in [-0.15, -0.1) is 0 Å². The quantitative estimate of drug-likeness (QED) is 0.731. The van der Waals surface area contributed by atoms with Crippen LogP contribution >= 0.6 is 0 Å². The van der Waals surface area contributed by atoms with Gasteiger partial charge >= 0.3 is 0 Å². The van der Waals surface area contributed by atoms with Gasteiger partial charge < -0.3 is 9.47 Å². The predicted molar refractivity (Wildman–Crippen MR) is 73.7 cm³/mol. The van der Waals surface area contributed by atoms with Gasteiger partial charge in [0.1, 0.15) is 5.75 Å². The Morgan fingerprint density at radius 2 is 1.71 bits per heavy atom. The molecule has 0 N–H and O–H groups in total. The van der Waals surface area contributed by atoms with Crippen LogP contribution in [0, 0.1) is 6.92 Å². The van der Waals surface area contributed by atoms with E-state index in [1.54, 1.807) is 7.11 Å². The van der Waals surface area contributed by atoms with Crippen molar-refractivity contribution >= 4 is 0 Å². The maximum Gasteiger partial charge on any atom is 0.188 e. The first-order chi connectivity index (χ1) is 7.95. The van der Waals surface area contributed by atoms with Crippen LogP contribution in [0.1, 0.15) is 45.7 Å². The number of benzene rings is 1. The molecule has 1 rings (SSSR count). The van der Waals surface area contributed by atoms with Crippen LogP contribution in [-0.4, -0.2) is 13.9 Å². The fraction of sp³-hybridized carbons (Fsp3) is 0.600. The third-order valence-electron chi connectivity index (χ3n) is 2.28. The molecule has 0 saturated heterocycles. The number of hydrogen-bond acceptors (Lipinski definition) is 2. The van der Waals surface area contributed by atoms with E-state index in [1.165, 1.54) is 11.1 Å². The van der Waals surface area contributed by atoms with E-state index in [4.69, 9.17) is 9.47 Å². The molecule has 17 heavy (non-hydrogen) atoms. The summed E-state index contributed by atoms with van der Waals surface area (Å²) in [6.07, 6.45) is 0. The molecule has 0 fully saturated rings. The molecule has 0 aliphatic rings. The molecule has 0 radical (unpaired) electrons. The first-order valence-electron chi connectivity index (χ1n) is 6.18. The second-order valence-electron chi connectivity index (χ2n) is 4.80. The minimum atomic E-state index is 0.0924. The van der Waals surface area contributed by atoms with Gasteiger partial charge in [-0.05, 0) is 24.0 Å². The zero-order valence-electron chi connectivity index (χ0n) is 12.3. The van der Waals surface area contributed by atoms with Crippen LogP contribution in [0.4, 0.5) is 0 Å². The van der Waals surface area contributed by atoms with Crippen molar-refractivity contribution in [2.45, 2.75) is 47.0 Å². The van der Waals surface area contributed by atoms with Gasteiger partial charge in [0.2, 0.25) is 0 Å². The van der Waals surface area contributed by atoms with Gasteiger partial charge in [-0.3, -0.25) is 0 Å². The Morgan fingerprint density at radius 1 is 1.12 bits per heavy atom. The third kappa shape index (κ3) is 5.22. The van der Waals surface area contributed by atoms with E-state index < -0.39 is 0 Å². The van der Waals surface area contributed by atoms with Crippen LogP contribution in [0.2, 0.25) is 0 Å². The average molecular weight is 238 g/mol. The number of rotatable bonds is 3. The maximum absolute atomic E-state index is 5.55. The van der Waals surface area contributed by atoms with Crippen molar-refractivity contribution in [3.63, 3.8) is 0 Å². The van der Waals surface area contributed by atoms with Gasteiger partial charge in [-0.1, -0.05) is 52.3 Å². The van der Waals surface area contributed by atoms with E-state index in [1.807, 2.05) is 19.9 Å². The number of hydrogen-bond donors (Lipinski definition) is 0. The Hall–Kier alpha value is -1.02. The molecule has 0 spiro atoms. The van der Waals surface area contributed by atoms with Crippen molar-refractivity contribution in [1.29, 1.82) is 0 Å². The van der Waals surface area contributed by atoms with Gasteiger partial charge in [0.05, 0.1) is 0 Å². The Bertz CT molecular complexity index is 324. The number of ether oxygens (including phenoxy) is 2. The summed E-state index contributed by atoms with van der Waals surface area (Å²) < 4.78 is 10.5. The van der Waals surface area contributed by atoms with Gasteiger partial charge in [0.25, 0.3) is 0 Å². The van der Waals surface area contributed by atoms with E-state index in [2.05, 4.69) is 39.8 Å². The molecule has 0 saturated carbocycles. The molecule has 1 aromatic rings. The van der Waals surface area contributed by atoms with E-state index in [0.717, 1.165) is 5.75 Å². The summed E-state index contributed by atoms with van der Waals surface area (Å²) in [5.41, 5.74) is 2.57. The Labute approximate surface area is 106 Å². The monoisotopic (exact) mass is 238 g/mol. The Balaban J connectivity index is 0.00000121. The average Bonchev–Trinajstić information content (AvgIpc) is 2.29. The van der Waals surface area contributed by atoms with E-state index in [0.29, 0.717) is 6.79 Å². The van der Waals surface area contributed by atoms with Crippen molar-refractivity contribution in [1.82, 2.24) is 0 Å². The van der Waals surface area contributed by atoms with Crippen molar-refractivity contribution in [2.24, 2.45) is 0 Å². The Kier molecular flexibility index (Phi) is 6.89. The summed E-state index contributed by atoms with van der Waals surface area (Å²) >= 11 is 0. The SMILES string of the molecule is CC.COCOc1ccc(C)cc1C(C)(C)C. The molecule has 0 atom stereocenters. The zero-order valence-corrected chi connectivity index (χ0v) is 12.3. The second-order valence-corrected chi connectivity index (χ2v) is 4.80. The molecule has 98 valence electrons. The molecule has 0 amide bonds. The molecular formula is C15H26O2. The predicted octanol–water partition coefficient (Wildman–Crippen LogP) is 4.30.